The molecule has 0 atom stereocenters. The molecule has 20 heavy (non-hydrogen) atoms. The summed E-state index contributed by atoms with van der Waals surface area (Å²) in [5, 5.41) is 17.7. The summed E-state index contributed by atoms with van der Waals surface area (Å²) in [6.45, 7) is 0. The van der Waals surface area contributed by atoms with Gasteiger partial charge >= 0.3 is 5.97 Å². The van der Waals surface area contributed by atoms with E-state index in [1.165, 1.54) is 18.4 Å². The first kappa shape index (κ1) is 13.4. The number of aliphatic carboxylic acids is 1. The highest BCUT2D eigenvalue weighted by Gasteiger charge is 2.13. The molecule has 0 amide bonds. The van der Waals surface area contributed by atoms with Crippen molar-refractivity contribution in [1.29, 1.82) is 5.26 Å². The van der Waals surface area contributed by atoms with Crippen molar-refractivity contribution in [3.05, 3.63) is 77.3 Å². The van der Waals surface area contributed by atoms with Gasteiger partial charge in [0.1, 0.15) is 17.4 Å². The third-order valence-corrected chi connectivity index (χ3v) is 2.60. The van der Waals surface area contributed by atoms with Gasteiger partial charge in [0.2, 0.25) is 0 Å². The van der Waals surface area contributed by atoms with E-state index >= 15 is 0 Å². The number of allylic oxidation sites excluding steroid dienone is 4. The highest BCUT2D eigenvalue weighted by atomic mass is 16.5. The summed E-state index contributed by atoms with van der Waals surface area (Å²) in [6.07, 6.45) is 7.89. The predicted octanol–water partition coefficient (Wildman–Crippen LogP) is 3.03. The van der Waals surface area contributed by atoms with Crippen LogP contribution < -0.4 is 0 Å². The van der Waals surface area contributed by atoms with Gasteiger partial charge in [0, 0.05) is 5.57 Å². The molecule has 0 saturated carbocycles. The molecule has 0 spiro atoms. The molecule has 2 rings (SSSR count). The molecule has 1 aliphatic rings. The van der Waals surface area contributed by atoms with Gasteiger partial charge in [-0.05, 0) is 23.8 Å². The highest BCUT2D eigenvalue weighted by molar-refractivity contribution is 5.93. The number of carboxylic acids is 1. The van der Waals surface area contributed by atoms with Gasteiger partial charge in [-0.3, -0.25) is 0 Å². The SMILES string of the molecule is N#C/C(C(=O)O)=C1\C=COC(/C=C/c2ccccc2)=C1. The number of rotatable bonds is 3. The van der Waals surface area contributed by atoms with Crippen LogP contribution in [-0.4, -0.2) is 11.1 Å². The Balaban J connectivity index is 2.27. The second kappa shape index (κ2) is 6.21. The van der Waals surface area contributed by atoms with E-state index in [9.17, 15) is 4.79 Å². The molecule has 1 aromatic carbocycles. The zero-order chi connectivity index (χ0) is 14.4. The maximum absolute atomic E-state index is 10.9. The molecule has 1 heterocycles. The Morgan fingerprint density at radius 2 is 2.00 bits per heavy atom. The summed E-state index contributed by atoms with van der Waals surface area (Å²) in [5.74, 6) is -0.781. The molecule has 1 N–H and O–H groups in total. The van der Waals surface area contributed by atoms with Crippen molar-refractivity contribution in [3.8, 4) is 6.07 Å². The molecule has 0 aliphatic carbocycles. The number of carboxylic acid groups (broad SMARTS) is 1. The molecule has 98 valence electrons. The van der Waals surface area contributed by atoms with Crippen molar-refractivity contribution >= 4 is 12.0 Å². The molecular weight excluding hydrogens is 254 g/mol. The first-order valence-corrected chi connectivity index (χ1v) is 5.86. The monoisotopic (exact) mass is 265 g/mol. The lowest BCUT2D eigenvalue weighted by molar-refractivity contribution is -0.132. The summed E-state index contributed by atoms with van der Waals surface area (Å²) in [5.41, 5.74) is 1.00. The minimum Gasteiger partial charge on any atom is -0.477 e. The van der Waals surface area contributed by atoms with E-state index in [1.807, 2.05) is 36.4 Å². The first-order chi connectivity index (χ1) is 9.70. The predicted molar refractivity (Wildman–Crippen MR) is 74.1 cm³/mol. The van der Waals surface area contributed by atoms with Crippen LogP contribution in [0.5, 0.6) is 0 Å². The highest BCUT2D eigenvalue weighted by Crippen LogP contribution is 2.18. The Hall–Kier alpha value is -3.06. The van der Waals surface area contributed by atoms with Crippen molar-refractivity contribution in [2.45, 2.75) is 0 Å². The molecule has 1 aliphatic heterocycles. The van der Waals surface area contributed by atoms with Gasteiger partial charge in [-0.15, -0.1) is 0 Å². The Morgan fingerprint density at radius 1 is 1.25 bits per heavy atom. The van der Waals surface area contributed by atoms with E-state index in [0.29, 0.717) is 11.3 Å². The number of hydrogen-bond acceptors (Lipinski definition) is 3. The van der Waals surface area contributed by atoms with Crippen LogP contribution in [0.2, 0.25) is 0 Å². The fourth-order valence-electron chi connectivity index (χ4n) is 1.64. The van der Waals surface area contributed by atoms with Crippen LogP contribution in [0.1, 0.15) is 5.56 Å². The van der Waals surface area contributed by atoms with Crippen LogP contribution in [0.3, 0.4) is 0 Å². The average molecular weight is 265 g/mol. The molecule has 4 heteroatoms. The Kier molecular flexibility index (Phi) is 4.15. The lowest BCUT2D eigenvalue weighted by Gasteiger charge is -2.08. The van der Waals surface area contributed by atoms with E-state index in [4.69, 9.17) is 15.1 Å². The van der Waals surface area contributed by atoms with Crippen LogP contribution in [-0.2, 0) is 9.53 Å². The Morgan fingerprint density at radius 3 is 2.65 bits per heavy atom. The zero-order valence-electron chi connectivity index (χ0n) is 10.5. The smallest absolute Gasteiger partial charge is 0.347 e. The average Bonchev–Trinajstić information content (AvgIpc) is 2.47. The van der Waals surface area contributed by atoms with Crippen LogP contribution >= 0.6 is 0 Å². The number of nitriles is 1. The van der Waals surface area contributed by atoms with Crippen LogP contribution in [0, 0.1) is 11.3 Å². The quantitative estimate of drug-likeness (QED) is 0.673. The van der Waals surface area contributed by atoms with E-state index in [1.54, 1.807) is 12.1 Å². The topological polar surface area (TPSA) is 70.3 Å². The van der Waals surface area contributed by atoms with Crippen molar-refractivity contribution in [2.75, 3.05) is 0 Å². The fourth-order valence-corrected chi connectivity index (χ4v) is 1.64. The standard InChI is InChI=1S/C16H11NO3/c17-11-15(16(18)19)13-8-9-20-14(10-13)7-6-12-4-2-1-3-5-12/h1-10H,(H,18,19)/b7-6+,15-13-. The van der Waals surface area contributed by atoms with Crippen molar-refractivity contribution < 1.29 is 14.6 Å². The van der Waals surface area contributed by atoms with Crippen LogP contribution in [0.4, 0.5) is 0 Å². The zero-order valence-corrected chi connectivity index (χ0v) is 10.5. The normalized spacial score (nSPS) is 16.2. The molecule has 0 unspecified atom stereocenters. The minimum atomic E-state index is -1.25. The van der Waals surface area contributed by atoms with Gasteiger partial charge in [-0.1, -0.05) is 36.4 Å². The molecule has 0 aromatic heterocycles. The number of carbonyl (C=O) groups is 1. The Bertz CT molecular complexity index is 673. The van der Waals surface area contributed by atoms with Crippen LogP contribution in [0.15, 0.2) is 71.7 Å². The molecule has 4 nitrogen and oxygen atoms in total. The minimum absolute atomic E-state index is 0.310. The summed E-state index contributed by atoms with van der Waals surface area (Å²) >= 11 is 0. The lowest BCUT2D eigenvalue weighted by Crippen LogP contribution is -2.02. The molecule has 1 aromatic rings. The summed E-state index contributed by atoms with van der Waals surface area (Å²) in [4.78, 5) is 10.9. The van der Waals surface area contributed by atoms with Crippen molar-refractivity contribution in [1.82, 2.24) is 0 Å². The van der Waals surface area contributed by atoms with Crippen molar-refractivity contribution in [2.24, 2.45) is 0 Å². The van der Waals surface area contributed by atoms with Crippen molar-refractivity contribution in [3.63, 3.8) is 0 Å². The third kappa shape index (κ3) is 3.24. The largest absolute Gasteiger partial charge is 0.477 e. The second-order valence-corrected chi connectivity index (χ2v) is 3.96. The van der Waals surface area contributed by atoms with Gasteiger partial charge in [0.05, 0.1) is 6.26 Å². The van der Waals surface area contributed by atoms with Gasteiger partial charge in [0.25, 0.3) is 0 Å². The number of ether oxygens (including phenoxy) is 1. The van der Waals surface area contributed by atoms with Gasteiger partial charge in [-0.25, -0.2) is 4.79 Å². The lowest BCUT2D eigenvalue weighted by atomic mass is 10.1. The Labute approximate surface area is 116 Å². The first-order valence-electron chi connectivity index (χ1n) is 5.86. The molecule has 0 fully saturated rings. The van der Waals surface area contributed by atoms with Gasteiger partial charge < -0.3 is 9.84 Å². The van der Waals surface area contributed by atoms with E-state index in [0.717, 1.165) is 5.56 Å². The molecule has 0 bridgehead atoms. The fraction of sp³-hybridized carbons (Fsp3) is 0. The molecule has 0 saturated heterocycles. The molecular formula is C16H11NO3. The summed E-state index contributed by atoms with van der Waals surface area (Å²) in [7, 11) is 0. The van der Waals surface area contributed by atoms with E-state index in [-0.39, 0.29) is 5.57 Å². The molecule has 0 radical (unpaired) electrons. The van der Waals surface area contributed by atoms with Crippen LogP contribution in [0.25, 0.3) is 6.08 Å². The second-order valence-electron chi connectivity index (χ2n) is 3.96. The number of benzene rings is 1. The third-order valence-electron chi connectivity index (χ3n) is 2.60. The van der Waals surface area contributed by atoms with E-state index in [2.05, 4.69) is 0 Å². The number of hydrogen-bond donors (Lipinski definition) is 1. The maximum Gasteiger partial charge on any atom is 0.347 e. The van der Waals surface area contributed by atoms with Gasteiger partial charge in [-0.2, -0.15) is 5.26 Å². The van der Waals surface area contributed by atoms with E-state index < -0.39 is 5.97 Å². The van der Waals surface area contributed by atoms with Gasteiger partial charge in [0.15, 0.2) is 0 Å². The number of nitrogens with zero attached hydrogens (tertiary/aromatic N) is 1. The summed E-state index contributed by atoms with van der Waals surface area (Å²) in [6, 6.07) is 11.3. The maximum atomic E-state index is 10.9. The summed E-state index contributed by atoms with van der Waals surface area (Å²) < 4.78 is 5.26.